The molecular weight excluding hydrogens is 234 g/mol. The van der Waals surface area contributed by atoms with Gasteiger partial charge in [-0.2, -0.15) is 0 Å². The third kappa shape index (κ3) is 2.61. The molecule has 0 radical (unpaired) electrons. The van der Waals surface area contributed by atoms with Crippen LogP contribution < -0.4 is 10.6 Å². The van der Waals surface area contributed by atoms with Crippen molar-refractivity contribution in [3.05, 3.63) is 15.9 Å². The van der Waals surface area contributed by atoms with E-state index in [1.54, 1.807) is 18.5 Å². The van der Waals surface area contributed by atoms with E-state index in [0.717, 1.165) is 32.4 Å². The Bertz CT molecular complexity index is 435. The number of rotatable bonds is 3. The van der Waals surface area contributed by atoms with Gasteiger partial charge in [0.05, 0.1) is 0 Å². The van der Waals surface area contributed by atoms with Crippen LogP contribution in [0.5, 0.6) is 0 Å². The molecule has 0 amide bonds. The van der Waals surface area contributed by atoms with Crippen LogP contribution in [0.15, 0.2) is 0 Å². The number of anilines is 1. The quantitative estimate of drug-likeness (QED) is 0.624. The number of hydrogen-bond donors (Lipinski definition) is 2. The second-order valence-corrected chi connectivity index (χ2v) is 4.67. The van der Waals surface area contributed by atoms with E-state index in [1.807, 2.05) is 0 Å². The van der Waals surface area contributed by atoms with Crippen LogP contribution in [0.2, 0.25) is 0 Å². The zero-order valence-electron chi connectivity index (χ0n) is 10.8. The predicted molar refractivity (Wildman–Crippen MR) is 68.7 cm³/mol. The summed E-state index contributed by atoms with van der Waals surface area (Å²) in [5.74, 6) is 1.09. The number of nitrogens with zero attached hydrogens (tertiary/aromatic N) is 3. The summed E-state index contributed by atoms with van der Waals surface area (Å²) in [5, 5.41) is 17.6. The van der Waals surface area contributed by atoms with Crippen LogP contribution in [0.4, 0.5) is 11.6 Å². The third-order valence-corrected chi connectivity index (χ3v) is 3.39. The lowest BCUT2D eigenvalue weighted by atomic mass is 10.1. The molecule has 0 aromatic carbocycles. The lowest BCUT2D eigenvalue weighted by Gasteiger charge is -2.16. The molecule has 2 heterocycles. The summed E-state index contributed by atoms with van der Waals surface area (Å²) in [5.41, 5.74) is 0. The van der Waals surface area contributed by atoms with Crippen molar-refractivity contribution in [1.29, 1.82) is 0 Å². The average molecular weight is 253 g/mol. The molecule has 1 aromatic rings. The molecule has 100 valence electrons. The van der Waals surface area contributed by atoms with Crippen molar-refractivity contribution in [3.8, 4) is 0 Å². The molecule has 1 aliphatic heterocycles. The van der Waals surface area contributed by atoms with E-state index in [2.05, 4.69) is 15.6 Å². The summed E-state index contributed by atoms with van der Waals surface area (Å²) in [7, 11) is 1.80. The molecule has 18 heavy (non-hydrogen) atoms. The Hall–Kier alpha value is -1.63. The molecule has 0 bridgehead atoms. The van der Waals surface area contributed by atoms with Crippen molar-refractivity contribution in [1.82, 2.24) is 14.9 Å². The van der Waals surface area contributed by atoms with Crippen molar-refractivity contribution >= 4 is 11.6 Å². The van der Waals surface area contributed by atoms with Crippen LogP contribution in [0.25, 0.3) is 0 Å². The van der Waals surface area contributed by atoms with E-state index in [-0.39, 0.29) is 11.9 Å². The lowest BCUT2D eigenvalue weighted by Crippen LogP contribution is -2.23. The Morgan fingerprint density at radius 2 is 2.28 bits per heavy atom. The minimum Gasteiger partial charge on any atom is -0.362 e. The molecular formula is C11H19N5O2. The average Bonchev–Trinajstić information content (AvgIpc) is 2.56. The number of aryl methyl sites for hydroxylation is 1. The second-order valence-electron chi connectivity index (χ2n) is 4.67. The summed E-state index contributed by atoms with van der Waals surface area (Å²) >= 11 is 0. The fourth-order valence-electron chi connectivity index (χ4n) is 2.24. The Balaban J connectivity index is 2.19. The molecule has 0 saturated carbocycles. The smallest absolute Gasteiger partial charge is 0.362 e. The van der Waals surface area contributed by atoms with Gasteiger partial charge in [-0.05, 0) is 42.3 Å². The fraction of sp³-hybridized carbons (Fsp3) is 0.727. The molecule has 0 aliphatic carbocycles. The first kappa shape index (κ1) is 12.8. The monoisotopic (exact) mass is 253 g/mol. The van der Waals surface area contributed by atoms with Crippen molar-refractivity contribution in [2.24, 2.45) is 7.05 Å². The van der Waals surface area contributed by atoms with Gasteiger partial charge in [-0.3, -0.25) is 4.57 Å². The third-order valence-electron chi connectivity index (χ3n) is 3.39. The van der Waals surface area contributed by atoms with Crippen LogP contribution in [0.3, 0.4) is 0 Å². The summed E-state index contributed by atoms with van der Waals surface area (Å²) in [6.45, 7) is 3.74. The maximum absolute atomic E-state index is 11.0. The Morgan fingerprint density at radius 3 is 3.00 bits per heavy atom. The number of imidazole rings is 1. The maximum atomic E-state index is 11.0. The van der Waals surface area contributed by atoms with E-state index >= 15 is 0 Å². The first-order chi connectivity index (χ1) is 8.59. The lowest BCUT2D eigenvalue weighted by molar-refractivity contribution is -0.388. The van der Waals surface area contributed by atoms with Crippen molar-refractivity contribution in [2.45, 2.75) is 32.2 Å². The van der Waals surface area contributed by atoms with Gasteiger partial charge in [0.15, 0.2) is 0 Å². The van der Waals surface area contributed by atoms with Gasteiger partial charge in [0, 0.05) is 20.0 Å². The highest BCUT2D eigenvalue weighted by Gasteiger charge is 2.25. The molecule has 1 unspecified atom stereocenters. The van der Waals surface area contributed by atoms with Crippen LogP contribution in [-0.2, 0) is 7.05 Å². The Morgan fingerprint density at radius 1 is 1.50 bits per heavy atom. The van der Waals surface area contributed by atoms with E-state index < -0.39 is 4.92 Å². The summed E-state index contributed by atoms with van der Waals surface area (Å²) < 4.78 is 1.75. The molecule has 1 aliphatic rings. The van der Waals surface area contributed by atoms with Gasteiger partial charge in [0.1, 0.15) is 0 Å². The number of aromatic nitrogens is 2. The Labute approximate surface area is 106 Å². The van der Waals surface area contributed by atoms with Crippen molar-refractivity contribution in [3.63, 3.8) is 0 Å². The molecule has 1 fully saturated rings. The largest absolute Gasteiger partial charge is 0.406 e. The fourth-order valence-corrected chi connectivity index (χ4v) is 2.24. The minimum absolute atomic E-state index is 0.0767. The second kappa shape index (κ2) is 5.34. The summed E-state index contributed by atoms with van der Waals surface area (Å²) in [6.07, 6.45) is 3.08. The van der Waals surface area contributed by atoms with Gasteiger partial charge in [0.2, 0.25) is 11.6 Å². The molecule has 1 atom stereocenters. The summed E-state index contributed by atoms with van der Waals surface area (Å²) in [6, 6.07) is 0.272. The topological polar surface area (TPSA) is 85.0 Å². The van der Waals surface area contributed by atoms with E-state index in [4.69, 9.17) is 0 Å². The molecule has 2 rings (SSSR count). The molecule has 2 N–H and O–H groups in total. The van der Waals surface area contributed by atoms with E-state index in [1.165, 1.54) is 0 Å². The zero-order chi connectivity index (χ0) is 13.1. The van der Waals surface area contributed by atoms with Gasteiger partial charge < -0.3 is 20.7 Å². The number of nitro groups is 1. The number of hydrogen-bond acceptors (Lipinski definition) is 5. The molecule has 1 aromatic heterocycles. The van der Waals surface area contributed by atoms with Gasteiger partial charge in [-0.15, -0.1) is 0 Å². The normalized spacial score (nSPS) is 20.4. The van der Waals surface area contributed by atoms with Crippen LogP contribution >= 0.6 is 0 Å². The standard InChI is InChI=1S/C11H19N5O2/c1-8-13-11(16(17)18)10(15(8)2)14-9-4-3-6-12-7-5-9/h9,12,14H,3-7H2,1-2H3. The maximum Gasteiger partial charge on any atom is 0.406 e. The van der Waals surface area contributed by atoms with E-state index in [9.17, 15) is 10.1 Å². The minimum atomic E-state index is -0.426. The molecule has 0 spiro atoms. The predicted octanol–water partition coefficient (Wildman–Crippen LogP) is 1.19. The first-order valence-corrected chi connectivity index (χ1v) is 6.24. The zero-order valence-corrected chi connectivity index (χ0v) is 10.8. The highest BCUT2D eigenvalue weighted by molar-refractivity contribution is 5.54. The SMILES string of the molecule is Cc1nc([N+](=O)[O-])c(NC2CCCNCC2)n1C. The number of nitrogens with one attached hydrogen (secondary N) is 2. The molecule has 7 heteroatoms. The van der Waals surface area contributed by atoms with Crippen molar-refractivity contribution < 1.29 is 4.92 Å². The van der Waals surface area contributed by atoms with Gasteiger partial charge in [-0.1, -0.05) is 0 Å². The van der Waals surface area contributed by atoms with Crippen LogP contribution in [-0.4, -0.2) is 33.6 Å². The van der Waals surface area contributed by atoms with Crippen molar-refractivity contribution in [2.75, 3.05) is 18.4 Å². The highest BCUT2D eigenvalue weighted by Crippen LogP contribution is 2.25. The summed E-state index contributed by atoms with van der Waals surface area (Å²) in [4.78, 5) is 14.5. The molecule has 1 saturated heterocycles. The van der Waals surface area contributed by atoms with E-state index in [0.29, 0.717) is 11.6 Å². The van der Waals surface area contributed by atoms with Gasteiger partial charge in [-0.25, -0.2) is 0 Å². The molecule has 7 nitrogen and oxygen atoms in total. The van der Waals surface area contributed by atoms with Crippen LogP contribution in [0.1, 0.15) is 25.1 Å². The van der Waals surface area contributed by atoms with Gasteiger partial charge >= 0.3 is 5.82 Å². The highest BCUT2D eigenvalue weighted by atomic mass is 16.6. The Kier molecular flexibility index (Phi) is 3.81. The first-order valence-electron chi connectivity index (χ1n) is 6.24. The van der Waals surface area contributed by atoms with Gasteiger partial charge in [0.25, 0.3) is 0 Å². The van der Waals surface area contributed by atoms with Crippen LogP contribution in [0, 0.1) is 17.0 Å².